The van der Waals surface area contributed by atoms with Gasteiger partial charge in [-0.05, 0) is 37.6 Å². The minimum atomic E-state index is -3.63. The Morgan fingerprint density at radius 2 is 2.05 bits per heavy atom. The molecule has 2 N–H and O–H groups in total. The number of aryl methyl sites for hydroxylation is 2. The molecule has 0 fully saturated rings. The van der Waals surface area contributed by atoms with E-state index in [1.807, 2.05) is 6.92 Å². The third-order valence-electron chi connectivity index (χ3n) is 2.75. The van der Waals surface area contributed by atoms with Crippen molar-refractivity contribution in [2.45, 2.75) is 18.7 Å². The van der Waals surface area contributed by atoms with Gasteiger partial charge < -0.3 is 4.74 Å². The highest BCUT2D eigenvalue weighted by Gasteiger charge is 2.19. The number of aromatic nitrogens is 2. The van der Waals surface area contributed by atoms with Gasteiger partial charge in [-0.1, -0.05) is 0 Å². The summed E-state index contributed by atoms with van der Waals surface area (Å²) in [6.45, 7) is 3.46. The molecule has 0 saturated carbocycles. The van der Waals surface area contributed by atoms with Gasteiger partial charge in [0.05, 0.1) is 24.7 Å². The highest BCUT2D eigenvalue weighted by molar-refractivity contribution is 7.92. The average molecular weight is 281 g/mol. The number of hydrogen-bond donors (Lipinski definition) is 2. The Kier molecular flexibility index (Phi) is 3.48. The molecule has 1 heterocycles. The summed E-state index contributed by atoms with van der Waals surface area (Å²) in [5.41, 5.74) is 1.80. The lowest BCUT2D eigenvalue weighted by molar-refractivity contribution is 0.414. The van der Waals surface area contributed by atoms with E-state index in [-0.39, 0.29) is 4.90 Å². The Hall–Kier alpha value is -2.02. The van der Waals surface area contributed by atoms with Crippen molar-refractivity contribution in [2.75, 3.05) is 11.8 Å². The normalized spacial score (nSPS) is 11.3. The number of rotatable bonds is 4. The van der Waals surface area contributed by atoms with Crippen molar-refractivity contribution in [2.24, 2.45) is 0 Å². The van der Waals surface area contributed by atoms with Crippen LogP contribution in [-0.2, 0) is 10.0 Å². The van der Waals surface area contributed by atoms with Gasteiger partial charge >= 0.3 is 0 Å². The molecule has 1 aromatic heterocycles. The lowest BCUT2D eigenvalue weighted by Crippen LogP contribution is -2.14. The summed E-state index contributed by atoms with van der Waals surface area (Å²) in [5.74, 6) is 0.680. The molecular weight excluding hydrogens is 266 g/mol. The fourth-order valence-electron chi connectivity index (χ4n) is 1.69. The zero-order valence-corrected chi connectivity index (χ0v) is 11.7. The van der Waals surface area contributed by atoms with E-state index in [1.54, 1.807) is 32.2 Å². The highest BCUT2D eigenvalue weighted by atomic mass is 32.2. The van der Waals surface area contributed by atoms with Crippen LogP contribution in [0.15, 0.2) is 29.3 Å². The number of anilines is 1. The molecule has 0 unspecified atom stereocenters. The minimum absolute atomic E-state index is 0.141. The molecule has 2 rings (SSSR count). The predicted octanol–water partition coefficient (Wildman–Crippen LogP) is 1.84. The first-order valence-electron chi connectivity index (χ1n) is 5.61. The Balaban J connectivity index is 2.34. The fourth-order valence-corrected chi connectivity index (χ4v) is 2.96. The van der Waals surface area contributed by atoms with E-state index in [0.29, 0.717) is 17.1 Å². The summed E-state index contributed by atoms with van der Waals surface area (Å²) in [6.07, 6.45) is 1.29. The molecule has 1 aromatic carbocycles. The number of sulfonamides is 1. The van der Waals surface area contributed by atoms with Crippen LogP contribution in [0.4, 0.5) is 5.69 Å². The molecule has 0 aliphatic rings. The van der Waals surface area contributed by atoms with Crippen LogP contribution >= 0.6 is 0 Å². The molecule has 0 spiro atoms. The van der Waals surface area contributed by atoms with Crippen LogP contribution in [0.5, 0.6) is 5.75 Å². The molecule has 0 amide bonds. The molecule has 0 atom stereocenters. The maximum Gasteiger partial charge on any atom is 0.265 e. The summed E-state index contributed by atoms with van der Waals surface area (Å²) in [6, 6.07) is 5.13. The first-order valence-corrected chi connectivity index (χ1v) is 7.10. The molecule has 0 aliphatic carbocycles. The molecule has 0 aliphatic heterocycles. The van der Waals surface area contributed by atoms with Crippen molar-refractivity contribution < 1.29 is 13.2 Å². The van der Waals surface area contributed by atoms with Crippen molar-refractivity contribution in [3.05, 3.63) is 35.7 Å². The average Bonchev–Trinajstić information content (AvgIpc) is 2.79. The van der Waals surface area contributed by atoms with Crippen LogP contribution in [0.25, 0.3) is 0 Å². The summed E-state index contributed by atoms with van der Waals surface area (Å²) in [4.78, 5) is 0.141. The van der Waals surface area contributed by atoms with E-state index in [1.165, 1.54) is 6.20 Å². The van der Waals surface area contributed by atoms with Crippen LogP contribution in [0, 0.1) is 13.8 Å². The number of aromatic amines is 1. The number of hydrogen-bond acceptors (Lipinski definition) is 4. The molecule has 102 valence electrons. The van der Waals surface area contributed by atoms with Gasteiger partial charge in [-0.3, -0.25) is 9.82 Å². The zero-order chi connectivity index (χ0) is 14.0. The Bertz CT molecular complexity index is 692. The van der Waals surface area contributed by atoms with E-state index < -0.39 is 10.0 Å². The van der Waals surface area contributed by atoms with E-state index in [9.17, 15) is 8.42 Å². The standard InChI is InChI=1S/C12H15N3O3S/c1-8-6-10(18-3)4-5-11(8)15-19(16,17)12-7-13-14-9(12)2/h4-7,15H,1-3H3,(H,13,14). The largest absolute Gasteiger partial charge is 0.497 e. The Morgan fingerprint density at radius 3 is 2.58 bits per heavy atom. The maximum atomic E-state index is 12.2. The van der Waals surface area contributed by atoms with Gasteiger partial charge in [0.2, 0.25) is 0 Å². The van der Waals surface area contributed by atoms with Crippen molar-refractivity contribution >= 4 is 15.7 Å². The van der Waals surface area contributed by atoms with E-state index in [4.69, 9.17) is 4.74 Å². The second kappa shape index (κ2) is 4.93. The fraction of sp³-hybridized carbons (Fsp3) is 0.250. The molecular formula is C12H15N3O3S. The van der Waals surface area contributed by atoms with E-state index in [2.05, 4.69) is 14.9 Å². The SMILES string of the molecule is COc1ccc(NS(=O)(=O)c2cn[nH]c2C)c(C)c1. The third kappa shape index (κ3) is 2.70. The van der Waals surface area contributed by atoms with Crippen molar-refractivity contribution in [3.63, 3.8) is 0 Å². The second-order valence-corrected chi connectivity index (χ2v) is 5.80. The first-order chi connectivity index (χ1) is 8.94. The number of methoxy groups -OCH3 is 1. The first kappa shape index (κ1) is 13.4. The van der Waals surface area contributed by atoms with Crippen LogP contribution in [0.2, 0.25) is 0 Å². The van der Waals surface area contributed by atoms with Crippen molar-refractivity contribution in [3.8, 4) is 5.75 Å². The molecule has 0 bridgehead atoms. The molecule has 19 heavy (non-hydrogen) atoms. The predicted molar refractivity (Wildman–Crippen MR) is 71.9 cm³/mol. The number of nitrogens with one attached hydrogen (secondary N) is 2. The van der Waals surface area contributed by atoms with Gasteiger partial charge in [-0.2, -0.15) is 5.10 Å². The third-order valence-corrected chi connectivity index (χ3v) is 4.23. The van der Waals surface area contributed by atoms with Crippen LogP contribution in [0.1, 0.15) is 11.3 Å². The topological polar surface area (TPSA) is 84.1 Å². The minimum Gasteiger partial charge on any atom is -0.497 e. The lowest BCUT2D eigenvalue weighted by Gasteiger charge is -2.11. The number of benzene rings is 1. The lowest BCUT2D eigenvalue weighted by atomic mass is 10.2. The Morgan fingerprint density at radius 1 is 1.32 bits per heavy atom. The van der Waals surface area contributed by atoms with Crippen molar-refractivity contribution in [1.29, 1.82) is 0 Å². The van der Waals surface area contributed by atoms with E-state index >= 15 is 0 Å². The molecule has 0 radical (unpaired) electrons. The molecule has 7 heteroatoms. The van der Waals surface area contributed by atoms with Crippen LogP contribution in [-0.4, -0.2) is 25.7 Å². The smallest absolute Gasteiger partial charge is 0.265 e. The summed E-state index contributed by atoms with van der Waals surface area (Å²) < 4.78 is 32.0. The maximum absolute atomic E-state index is 12.2. The monoisotopic (exact) mass is 281 g/mol. The molecule has 0 saturated heterocycles. The van der Waals surface area contributed by atoms with Gasteiger partial charge in [0.25, 0.3) is 10.0 Å². The summed E-state index contributed by atoms with van der Waals surface area (Å²) in [7, 11) is -2.06. The van der Waals surface area contributed by atoms with Gasteiger partial charge in [0, 0.05) is 0 Å². The van der Waals surface area contributed by atoms with Crippen molar-refractivity contribution in [1.82, 2.24) is 10.2 Å². The summed E-state index contributed by atoms with van der Waals surface area (Å²) >= 11 is 0. The highest BCUT2D eigenvalue weighted by Crippen LogP contribution is 2.24. The zero-order valence-electron chi connectivity index (χ0n) is 10.9. The van der Waals surface area contributed by atoms with Gasteiger partial charge in [0.1, 0.15) is 10.6 Å². The van der Waals surface area contributed by atoms with Gasteiger partial charge in [0.15, 0.2) is 0 Å². The van der Waals surface area contributed by atoms with E-state index in [0.717, 1.165) is 5.56 Å². The number of nitrogens with zero attached hydrogens (tertiary/aromatic N) is 1. The molecule has 6 nitrogen and oxygen atoms in total. The van der Waals surface area contributed by atoms with Crippen LogP contribution in [0.3, 0.4) is 0 Å². The number of H-pyrrole nitrogens is 1. The van der Waals surface area contributed by atoms with Gasteiger partial charge in [-0.15, -0.1) is 0 Å². The second-order valence-electron chi connectivity index (χ2n) is 4.15. The Labute approximate surface area is 111 Å². The molecule has 2 aromatic rings. The summed E-state index contributed by atoms with van der Waals surface area (Å²) in [5, 5.41) is 6.32. The van der Waals surface area contributed by atoms with Crippen LogP contribution < -0.4 is 9.46 Å². The quantitative estimate of drug-likeness (QED) is 0.895. The number of ether oxygens (including phenoxy) is 1. The van der Waals surface area contributed by atoms with Gasteiger partial charge in [-0.25, -0.2) is 8.42 Å².